The van der Waals surface area contributed by atoms with E-state index in [9.17, 15) is 4.79 Å². The molecule has 0 radical (unpaired) electrons. The maximum atomic E-state index is 10.9. The fourth-order valence-electron chi connectivity index (χ4n) is 0.419. The van der Waals surface area contributed by atoms with Crippen molar-refractivity contribution in [2.75, 3.05) is 6.61 Å². The van der Waals surface area contributed by atoms with Gasteiger partial charge in [-0.05, 0) is 12.3 Å². The second kappa shape index (κ2) is 4.06. The molecule has 0 N–H and O–H groups in total. The highest BCUT2D eigenvalue weighted by Crippen LogP contribution is 2.14. The van der Waals surface area contributed by atoms with Gasteiger partial charge in [-0.1, -0.05) is 20.8 Å². The summed E-state index contributed by atoms with van der Waals surface area (Å²) in [4.78, 5) is 10.9. The third-order valence-electron chi connectivity index (χ3n) is 1.02. The zero-order valence-corrected chi connectivity index (χ0v) is 8.83. The topological polar surface area (TPSA) is 26.3 Å². The first-order chi connectivity index (χ1) is 4.83. The number of ether oxygens (including phenoxy) is 1. The molecule has 0 aliphatic rings. The van der Waals surface area contributed by atoms with Gasteiger partial charge in [0.05, 0.1) is 12.3 Å². The highest BCUT2D eigenvalue weighted by atomic mass is 31.0. The van der Waals surface area contributed by atoms with E-state index in [-0.39, 0.29) is 17.0 Å². The predicted octanol–water partition coefficient (Wildman–Crippen LogP) is 1.84. The van der Waals surface area contributed by atoms with Crippen LogP contribution in [0.4, 0.5) is 0 Å². The molecule has 0 aliphatic heterocycles. The molecule has 0 bridgehead atoms. The molecule has 1 unspecified atom stereocenters. The van der Waals surface area contributed by atoms with Crippen molar-refractivity contribution in [3.05, 3.63) is 0 Å². The first kappa shape index (κ1) is 10.9. The van der Waals surface area contributed by atoms with Crippen molar-refractivity contribution in [3.8, 4) is 0 Å². The highest BCUT2D eigenvalue weighted by Gasteiger charge is 2.15. The Balaban J connectivity index is 3.64. The third kappa shape index (κ3) is 6.30. The lowest BCUT2D eigenvalue weighted by atomic mass is 9.99. The standard InChI is InChI=1S/C8H17O2P/c1-6(11)7(9)10-5-8(2,3)4/h6H,5,11H2,1-4H3/t6-/m0/s1. The first-order valence-electron chi connectivity index (χ1n) is 3.75. The molecule has 11 heavy (non-hydrogen) atoms. The molecule has 0 aromatic carbocycles. The van der Waals surface area contributed by atoms with E-state index in [0.29, 0.717) is 6.61 Å². The van der Waals surface area contributed by atoms with Gasteiger partial charge < -0.3 is 4.74 Å². The summed E-state index contributed by atoms with van der Waals surface area (Å²) >= 11 is 0. The van der Waals surface area contributed by atoms with E-state index in [1.165, 1.54) is 0 Å². The normalized spacial score (nSPS) is 14.3. The van der Waals surface area contributed by atoms with Gasteiger partial charge in [-0.2, -0.15) is 0 Å². The van der Waals surface area contributed by atoms with E-state index in [1.807, 2.05) is 20.8 Å². The minimum absolute atomic E-state index is 0.0647. The van der Waals surface area contributed by atoms with Gasteiger partial charge in [-0.25, -0.2) is 0 Å². The lowest BCUT2D eigenvalue weighted by Crippen LogP contribution is -2.22. The quantitative estimate of drug-likeness (QED) is 0.474. The Morgan fingerprint density at radius 1 is 1.55 bits per heavy atom. The first-order valence-corrected chi connectivity index (χ1v) is 4.42. The van der Waals surface area contributed by atoms with Gasteiger partial charge in [0.2, 0.25) is 0 Å². The Kier molecular flexibility index (Phi) is 4.02. The van der Waals surface area contributed by atoms with Crippen LogP contribution in [0.1, 0.15) is 27.7 Å². The van der Waals surface area contributed by atoms with Gasteiger partial charge in [0.25, 0.3) is 0 Å². The zero-order chi connectivity index (χ0) is 9.07. The highest BCUT2D eigenvalue weighted by molar-refractivity contribution is 7.19. The summed E-state index contributed by atoms with van der Waals surface area (Å²) < 4.78 is 5.01. The molecule has 0 saturated heterocycles. The Bertz CT molecular complexity index is 136. The van der Waals surface area contributed by atoms with Gasteiger partial charge in [-0.3, -0.25) is 4.79 Å². The summed E-state index contributed by atoms with van der Waals surface area (Å²) in [7, 11) is 2.41. The van der Waals surface area contributed by atoms with Crippen LogP contribution in [0.25, 0.3) is 0 Å². The fourth-order valence-corrected chi connectivity index (χ4v) is 0.515. The number of rotatable bonds is 2. The molecule has 66 valence electrons. The Morgan fingerprint density at radius 3 is 2.27 bits per heavy atom. The van der Waals surface area contributed by atoms with E-state index < -0.39 is 0 Å². The average Bonchev–Trinajstić information content (AvgIpc) is 1.80. The van der Waals surface area contributed by atoms with Gasteiger partial charge in [0.1, 0.15) is 0 Å². The van der Waals surface area contributed by atoms with Gasteiger partial charge in [-0.15, -0.1) is 9.24 Å². The molecule has 3 heteroatoms. The van der Waals surface area contributed by atoms with Crippen LogP contribution in [-0.4, -0.2) is 18.2 Å². The average molecular weight is 176 g/mol. The van der Waals surface area contributed by atoms with Gasteiger partial charge in [0.15, 0.2) is 0 Å². The van der Waals surface area contributed by atoms with Crippen molar-refractivity contribution in [1.29, 1.82) is 0 Å². The summed E-state index contributed by atoms with van der Waals surface area (Å²) in [5.74, 6) is -0.148. The molecule has 0 aromatic rings. The van der Waals surface area contributed by atoms with E-state index in [2.05, 4.69) is 9.24 Å². The molecule has 0 heterocycles. The summed E-state index contributed by atoms with van der Waals surface area (Å²) in [6.07, 6.45) is 0. The minimum Gasteiger partial charge on any atom is -0.465 e. The lowest BCUT2D eigenvalue weighted by molar-refractivity contribution is -0.145. The maximum absolute atomic E-state index is 10.9. The minimum atomic E-state index is -0.148. The van der Waals surface area contributed by atoms with Crippen LogP contribution >= 0.6 is 9.24 Å². The molecular weight excluding hydrogens is 159 g/mol. The van der Waals surface area contributed by atoms with Crippen LogP contribution in [0.5, 0.6) is 0 Å². The SMILES string of the molecule is C[C@H](P)C(=O)OCC(C)(C)C. The molecule has 0 spiro atoms. The van der Waals surface area contributed by atoms with E-state index >= 15 is 0 Å². The second-order valence-corrected chi connectivity index (χ2v) is 4.96. The lowest BCUT2D eigenvalue weighted by Gasteiger charge is -2.18. The molecule has 2 atom stereocenters. The zero-order valence-electron chi connectivity index (χ0n) is 7.68. The number of esters is 1. The number of hydrogen-bond donors (Lipinski definition) is 0. The van der Waals surface area contributed by atoms with Crippen LogP contribution in [0.3, 0.4) is 0 Å². The largest absolute Gasteiger partial charge is 0.465 e. The summed E-state index contributed by atoms with van der Waals surface area (Å²) in [6, 6.07) is 0. The van der Waals surface area contributed by atoms with Crippen LogP contribution in [-0.2, 0) is 9.53 Å². The molecule has 0 fully saturated rings. The van der Waals surface area contributed by atoms with Crippen LogP contribution in [0.15, 0.2) is 0 Å². The Labute approximate surface area is 70.9 Å². The van der Waals surface area contributed by atoms with Crippen LogP contribution in [0.2, 0.25) is 0 Å². The number of hydrogen-bond acceptors (Lipinski definition) is 2. The monoisotopic (exact) mass is 176 g/mol. The fraction of sp³-hybridized carbons (Fsp3) is 0.875. The van der Waals surface area contributed by atoms with Crippen molar-refractivity contribution in [2.45, 2.75) is 33.4 Å². The van der Waals surface area contributed by atoms with Crippen molar-refractivity contribution in [2.24, 2.45) is 5.41 Å². The van der Waals surface area contributed by atoms with Crippen molar-refractivity contribution in [1.82, 2.24) is 0 Å². The molecule has 0 saturated carbocycles. The molecular formula is C8H17O2P. The summed E-state index contributed by atoms with van der Waals surface area (Å²) in [5.41, 5.74) is -0.0350. The molecule has 0 rings (SSSR count). The second-order valence-electron chi connectivity index (χ2n) is 3.96. The maximum Gasteiger partial charge on any atom is 0.312 e. The Hall–Kier alpha value is -0.100. The molecule has 0 aliphatic carbocycles. The summed E-state index contributed by atoms with van der Waals surface area (Å²) in [6.45, 7) is 8.40. The number of carbonyl (C=O) groups is 1. The smallest absolute Gasteiger partial charge is 0.312 e. The third-order valence-corrected chi connectivity index (χ3v) is 1.29. The van der Waals surface area contributed by atoms with E-state index in [4.69, 9.17) is 4.74 Å². The summed E-state index contributed by atoms with van der Waals surface area (Å²) in [5, 5.41) is 0. The van der Waals surface area contributed by atoms with Gasteiger partial charge >= 0.3 is 5.97 Å². The van der Waals surface area contributed by atoms with E-state index in [0.717, 1.165) is 0 Å². The molecule has 2 nitrogen and oxygen atoms in total. The van der Waals surface area contributed by atoms with Crippen molar-refractivity contribution >= 4 is 15.2 Å². The van der Waals surface area contributed by atoms with Crippen LogP contribution < -0.4 is 0 Å². The predicted molar refractivity (Wildman–Crippen MR) is 49.6 cm³/mol. The number of carbonyl (C=O) groups excluding carboxylic acids is 1. The Morgan fingerprint density at radius 2 is 2.00 bits per heavy atom. The molecule has 0 aromatic heterocycles. The van der Waals surface area contributed by atoms with Gasteiger partial charge in [0, 0.05) is 0 Å². The van der Waals surface area contributed by atoms with E-state index in [1.54, 1.807) is 6.92 Å². The molecule has 0 amide bonds. The van der Waals surface area contributed by atoms with Crippen molar-refractivity contribution < 1.29 is 9.53 Å². The van der Waals surface area contributed by atoms with Crippen LogP contribution in [0, 0.1) is 5.41 Å². The van der Waals surface area contributed by atoms with Crippen molar-refractivity contribution in [3.63, 3.8) is 0 Å².